The van der Waals surface area contributed by atoms with E-state index < -0.39 is 10.8 Å². The van der Waals surface area contributed by atoms with Crippen LogP contribution in [0.2, 0.25) is 0 Å². The van der Waals surface area contributed by atoms with E-state index in [1.807, 2.05) is 19.9 Å². The van der Waals surface area contributed by atoms with Gasteiger partial charge in [0.1, 0.15) is 0 Å². The minimum atomic E-state index is -0.569. The first-order chi connectivity index (χ1) is 12.4. The molecule has 0 atom stereocenters. The summed E-state index contributed by atoms with van der Waals surface area (Å²) in [5.41, 5.74) is 1.77. The van der Waals surface area contributed by atoms with E-state index in [1.165, 1.54) is 25.3 Å². The van der Waals surface area contributed by atoms with Crippen LogP contribution in [0.4, 0.5) is 5.69 Å². The van der Waals surface area contributed by atoms with Gasteiger partial charge in [-0.2, -0.15) is 0 Å². The number of methoxy groups -OCH3 is 1. The molecule has 1 N–H and O–H groups in total. The molecule has 2 aromatic heterocycles. The fourth-order valence-corrected chi connectivity index (χ4v) is 2.64. The lowest BCUT2D eigenvalue weighted by Gasteiger charge is -2.08. The lowest BCUT2D eigenvalue weighted by atomic mass is 10.1. The molecular weight excluding hydrogens is 340 g/mol. The monoisotopic (exact) mass is 356 g/mol. The maximum atomic E-state index is 12.4. The Kier molecular flexibility index (Phi) is 4.48. The van der Waals surface area contributed by atoms with E-state index in [9.17, 15) is 14.9 Å². The second-order valence-electron chi connectivity index (χ2n) is 5.62. The Balaban J connectivity index is 1.80. The predicted octanol–water partition coefficient (Wildman–Crippen LogP) is 1.59. The van der Waals surface area contributed by atoms with Crippen LogP contribution >= 0.6 is 0 Å². The van der Waals surface area contributed by atoms with Crippen molar-refractivity contribution in [3.05, 3.63) is 57.2 Å². The average Bonchev–Trinajstić information content (AvgIpc) is 3.02. The van der Waals surface area contributed by atoms with Crippen molar-refractivity contribution in [1.82, 2.24) is 24.9 Å². The number of nitrogens with zero attached hydrogens (tertiary/aromatic N) is 5. The first kappa shape index (κ1) is 17.3. The van der Waals surface area contributed by atoms with Gasteiger partial charge in [0, 0.05) is 29.1 Å². The van der Waals surface area contributed by atoms with Gasteiger partial charge in [-0.05, 0) is 26.0 Å². The van der Waals surface area contributed by atoms with Gasteiger partial charge in [-0.3, -0.25) is 19.3 Å². The molecule has 10 heteroatoms. The van der Waals surface area contributed by atoms with E-state index in [2.05, 4.69) is 20.5 Å². The third kappa shape index (κ3) is 3.16. The molecule has 0 aliphatic heterocycles. The summed E-state index contributed by atoms with van der Waals surface area (Å²) < 4.78 is 6.73. The van der Waals surface area contributed by atoms with Gasteiger partial charge in [-0.1, -0.05) is 0 Å². The number of benzene rings is 1. The topological polar surface area (TPSA) is 125 Å². The van der Waals surface area contributed by atoms with Gasteiger partial charge in [-0.15, -0.1) is 10.2 Å². The Bertz CT molecular complexity index is 1010. The molecule has 2 heterocycles. The fourth-order valence-electron chi connectivity index (χ4n) is 2.64. The van der Waals surface area contributed by atoms with Crippen molar-refractivity contribution < 1.29 is 14.5 Å². The third-order valence-electron chi connectivity index (χ3n) is 3.81. The van der Waals surface area contributed by atoms with Gasteiger partial charge in [0.15, 0.2) is 11.6 Å². The molecule has 0 radical (unpaired) electrons. The standard InChI is InChI=1S/C16H16N6O4/c1-9-6-10(2)21-14(19-20-16(21)18-9)8-17-15(23)11-4-5-12(22(24)25)13(7-11)26-3/h4-7H,8H2,1-3H3,(H,17,23). The summed E-state index contributed by atoms with van der Waals surface area (Å²) in [6, 6.07) is 5.82. The highest BCUT2D eigenvalue weighted by Crippen LogP contribution is 2.27. The molecule has 0 aliphatic rings. The summed E-state index contributed by atoms with van der Waals surface area (Å²) >= 11 is 0. The molecule has 134 valence electrons. The highest BCUT2D eigenvalue weighted by Gasteiger charge is 2.18. The van der Waals surface area contributed by atoms with Crippen LogP contribution in [0, 0.1) is 24.0 Å². The minimum absolute atomic E-state index is 0.0195. The SMILES string of the molecule is COc1cc(C(=O)NCc2nnc3nc(C)cc(C)n23)ccc1[N+](=O)[O-]. The van der Waals surface area contributed by atoms with Crippen LogP contribution in [0.25, 0.3) is 5.78 Å². The molecule has 1 aromatic carbocycles. The molecule has 3 aromatic rings. The number of carbonyl (C=O) groups excluding carboxylic acids is 1. The number of nitro benzene ring substituents is 1. The first-order valence-corrected chi connectivity index (χ1v) is 7.69. The van der Waals surface area contributed by atoms with Crippen molar-refractivity contribution in [2.75, 3.05) is 7.11 Å². The quantitative estimate of drug-likeness (QED) is 0.543. The van der Waals surface area contributed by atoms with E-state index in [4.69, 9.17) is 4.74 Å². The summed E-state index contributed by atoms with van der Waals surface area (Å²) in [5, 5.41) is 21.7. The zero-order chi connectivity index (χ0) is 18.8. The molecule has 0 unspecified atom stereocenters. The molecule has 0 fully saturated rings. The van der Waals surface area contributed by atoms with E-state index in [0.717, 1.165) is 11.4 Å². The van der Waals surface area contributed by atoms with Gasteiger partial charge < -0.3 is 10.1 Å². The van der Waals surface area contributed by atoms with Crippen LogP contribution < -0.4 is 10.1 Å². The normalized spacial score (nSPS) is 10.7. The Labute approximate surface area is 148 Å². The maximum Gasteiger partial charge on any atom is 0.310 e. The zero-order valence-electron chi connectivity index (χ0n) is 14.4. The van der Waals surface area contributed by atoms with Crippen LogP contribution in [-0.2, 0) is 6.54 Å². The van der Waals surface area contributed by atoms with Crippen molar-refractivity contribution in [1.29, 1.82) is 0 Å². The largest absolute Gasteiger partial charge is 0.490 e. The predicted molar refractivity (Wildman–Crippen MR) is 91.1 cm³/mol. The van der Waals surface area contributed by atoms with Crippen LogP contribution in [0.5, 0.6) is 5.75 Å². The molecule has 1 amide bonds. The van der Waals surface area contributed by atoms with Gasteiger partial charge >= 0.3 is 5.69 Å². The molecule has 10 nitrogen and oxygen atoms in total. The van der Waals surface area contributed by atoms with Crippen molar-refractivity contribution >= 4 is 17.4 Å². The molecule has 0 saturated carbocycles. The molecule has 26 heavy (non-hydrogen) atoms. The summed E-state index contributed by atoms with van der Waals surface area (Å²) in [4.78, 5) is 27.0. The highest BCUT2D eigenvalue weighted by atomic mass is 16.6. The van der Waals surface area contributed by atoms with Crippen LogP contribution in [0.1, 0.15) is 27.6 Å². The number of hydrogen-bond donors (Lipinski definition) is 1. The number of carbonyl (C=O) groups is 1. The van der Waals surface area contributed by atoms with Gasteiger partial charge in [0.2, 0.25) is 0 Å². The summed E-state index contributed by atoms with van der Waals surface area (Å²) in [6.45, 7) is 3.90. The first-order valence-electron chi connectivity index (χ1n) is 7.69. The van der Waals surface area contributed by atoms with Crippen LogP contribution in [0.15, 0.2) is 24.3 Å². The summed E-state index contributed by atoms with van der Waals surface area (Å²) in [6.07, 6.45) is 0. The Morgan fingerprint density at radius 2 is 2.08 bits per heavy atom. The Morgan fingerprint density at radius 3 is 2.77 bits per heavy atom. The number of fused-ring (bicyclic) bond motifs is 1. The van der Waals surface area contributed by atoms with Crippen molar-refractivity contribution in [3.8, 4) is 5.75 Å². The smallest absolute Gasteiger partial charge is 0.310 e. The fraction of sp³-hybridized carbons (Fsp3) is 0.250. The molecule has 0 saturated heterocycles. The number of aryl methyl sites for hydroxylation is 2. The zero-order valence-corrected chi connectivity index (χ0v) is 14.4. The van der Waals surface area contributed by atoms with E-state index in [0.29, 0.717) is 11.6 Å². The number of ether oxygens (including phenoxy) is 1. The van der Waals surface area contributed by atoms with E-state index in [-0.39, 0.29) is 23.5 Å². The molecule has 0 bridgehead atoms. The second kappa shape index (κ2) is 6.75. The maximum absolute atomic E-state index is 12.4. The van der Waals surface area contributed by atoms with Crippen molar-refractivity contribution in [2.24, 2.45) is 0 Å². The highest BCUT2D eigenvalue weighted by molar-refractivity contribution is 5.95. The lowest BCUT2D eigenvalue weighted by molar-refractivity contribution is -0.385. The van der Waals surface area contributed by atoms with E-state index >= 15 is 0 Å². The van der Waals surface area contributed by atoms with Gasteiger partial charge in [0.05, 0.1) is 18.6 Å². The van der Waals surface area contributed by atoms with Gasteiger partial charge in [0.25, 0.3) is 11.7 Å². The molecule has 0 spiro atoms. The Morgan fingerprint density at radius 1 is 1.31 bits per heavy atom. The number of rotatable bonds is 5. The number of aromatic nitrogens is 4. The van der Waals surface area contributed by atoms with Crippen molar-refractivity contribution in [2.45, 2.75) is 20.4 Å². The van der Waals surface area contributed by atoms with Crippen molar-refractivity contribution in [3.63, 3.8) is 0 Å². The lowest BCUT2D eigenvalue weighted by Crippen LogP contribution is -2.24. The second-order valence-corrected chi connectivity index (χ2v) is 5.62. The van der Waals surface area contributed by atoms with E-state index in [1.54, 1.807) is 4.40 Å². The summed E-state index contributed by atoms with van der Waals surface area (Å²) in [7, 11) is 1.31. The molecule has 0 aliphatic carbocycles. The summed E-state index contributed by atoms with van der Waals surface area (Å²) in [5.74, 6) is 0.606. The number of nitrogens with one attached hydrogen (secondary N) is 1. The third-order valence-corrected chi connectivity index (χ3v) is 3.81. The molecule has 3 rings (SSSR count). The van der Waals surface area contributed by atoms with Gasteiger partial charge in [-0.25, -0.2) is 4.98 Å². The number of amides is 1. The molecular formula is C16H16N6O4. The number of nitro groups is 1. The number of hydrogen-bond acceptors (Lipinski definition) is 7. The van der Waals surface area contributed by atoms with Crippen LogP contribution in [-0.4, -0.2) is 37.5 Å². The minimum Gasteiger partial charge on any atom is -0.490 e. The Hall–Kier alpha value is -3.56. The van der Waals surface area contributed by atoms with Crippen LogP contribution in [0.3, 0.4) is 0 Å². The average molecular weight is 356 g/mol.